The van der Waals surface area contributed by atoms with Gasteiger partial charge in [-0.3, -0.25) is 4.98 Å². The molecule has 114 valence electrons. The van der Waals surface area contributed by atoms with Crippen molar-refractivity contribution < 1.29 is 14.6 Å². The zero-order valence-electron chi connectivity index (χ0n) is 12.0. The Balaban J connectivity index is 1.81. The molecule has 6 nitrogen and oxygen atoms in total. The smallest absolute Gasteiger partial charge is 0.335 e. The number of aromatic nitrogens is 2. The van der Waals surface area contributed by atoms with Crippen molar-refractivity contribution in [1.82, 2.24) is 15.3 Å². The summed E-state index contributed by atoms with van der Waals surface area (Å²) in [6.07, 6.45) is 5.24. The van der Waals surface area contributed by atoms with Crippen molar-refractivity contribution in [2.75, 3.05) is 13.1 Å². The molecule has 1 saturated heterocycles. The molecule has 0 spiro atoms. The molecule has 2 aromatic rings. The third kappa shape index (κ3) is 3.40. The Morgan fingerprint density at radius 2 is 2.09 bits per heavy atom. The normalized spacial score (nSPS) is 15.5. The van der Waals surface area contributed by atoms with Crippen LogP contribution in [0.4, 0.5) is 0 Å². The van der Waals surface area contributed by atoms with E-state index >= 15 is 0 Å². The fourth-order valence-corrected chi connectivity index (χ4v) is 2.44. The average molecular weight is 299 g/mol. The standard InChI is InChI=1S/C16H17N3O3/c20-16(21)12-3-1-2-11(8-12)14-9-18-10-15(19-14)22-13-4-6-17-7-5-13/h1-3,8-10,13,17H,4-7H2,(H,20,21). The molecule has 2 heterocycles. The number of nitrogens with zero attached hydrogens (tertiary/aromatic N) is 2. The first-order chi connectivity index (χ1) is 10.7. The van der Waals surface area contributed by atoms with E-state index in [1.807, 2.05) is 6.07 Å². The van der Waals surface area contributed by atoms with E-state index in [0.29, 0.717) is 17.1 Å². The highest BCUT2D eigenvalue weighted by molar-refractivity contribution is 5.89. The number of carboxylic acids is 1. The molecule has 1 aromatic carbocycles. The highest BCUT2D eigenvalue weighted by atomic mass is 16.5. The molecule has 1 aliphatic rings. The summed E-state index contributed by atoms with van der Waals surface area (Å²) in [7, 11) is 0. The minimum Gasteiger partial charge on any atom is -0.478 e. The summed E-state index contributed by atoms with van der Waals surface area (Å²) in [6.45, 7) is 1.89. The first-order valence-corrected chi connectivity index (χ1v) is 7.25. The molecule has 22 heavy (non-hydrogen) atoms. The summed E-state index contributed by atoms with van der Waals surface area (Å²) in [5.74, 6) is -0.484. The number of piperidine rings is 1. The molecule has 0 aliphatic carbocycles. The molecule has 0 unspecified atom stereocenters. The van der Waals surface area contributed by atoms with Gasteiger partial charge in [0.05, 0.1) is 23.7 Å². The van der Waals surface area contributed by atoms with Crippen molar-refractivity contribution in [2.24, 2.45) is 0 Å². The molecular weight excluding hydrogens is 282 g/mol. The Hall–Kier alpha value is -2.47. The van der Waals surface area contributed by atoms with Crippen molar-refractivity contribution in [3.8, 4) is 17.1 Å². The highest BCUT2D eigenvalue weighted by Gasteiger charge is 2.15. The van der Waals surface area contributed by atoms with Gasteiger partial charge in [0.15, 0.2) is 0 Å². The van der Waals surface area contributed by atoms with Crippen LogP contribution in [0, 0.1) is 0 Å². The summed E-state index contributed by atoms with van der Waals surface area (Å²) in [4.78, 5) is 19.6. The molecule has 1 aromatic heterocycles. The van der Waals surface area contributed by atoms with Crippen LogP contribution in [-0.2, 0) is 0 Å². The Kier molecular flexibility index (Phi) is 4.29. The van der Waals surface area contributed by atoms with Gasteiger partial charge in [0, 0.05) is 5.56 Å². The monoisotopic (exact) mass is 299 g/mol. The number of hydrogen-bond acceptors (Lipinski definition) is 5. The number of carboxylic acid groups (broad SMARTS) is 1. The number of nitrogens with one attached hydrogen (secondary N) is 1. The van der Waals surface area contributed by atoms with Gasteiger partial charge < -0.3 is 15.2 Å². The quantitative estimate of drug-likeness (QED) is 0.898. The fourth-order valence-electron chi connectivity index (χ4n) is 2.44. The van der Waals surface area contributed by atoms with Gasteiger partial charge in [-0.2, -0.15) is 0 Å². The molecule has 2 N–H and O–H groups in total. The number of aromatic carboxylic acids is 1. The minimum absolute atomic E-state index is 0.149. The Morgan fingerprint density at radius 1 is 1.27 bits per heavy atom. The lowest BCUT2D eigenvalue weighted by Crippen LogP contribution is -2.34. The molecule has 0 amide bonds. The third-order valence-electron chi connectivity index (χ3n) is 3.59. The minimum atomic E-state index is -0.961. The van der Waals surface area contributed by atoms with Gasteiger partial charge in [-0.15, -0.1) is 0 Å². The zero-order valence-corrected chi connectivity index (χ0v) is 12.0. The summed E-state index contributed by atoms with van der Waals surface area (Å²) < 4.78 is 5.87. The van der Waals surface area contributed by atoms with Crippen LogP contribution < -0.4 is 10.1 Å². The Labute approximate surface area is 128 Å². The fraction of sp³-hybridized carbons (Fsp3) is 0.312. The topological polar surface area (TPSA) is 84.3 Å². The van der Waals surface area contributed by atoms with Gasteiger partial charge in [0.25, 0.3) is 0 Å². The number of carbonyl (C=O) groups is 1. The number of ether oxygens (including phenoxy) is 1. The average Bonchev–Trinajstić information content (AvgIpc) is 2.56. The highest BCUT2D eigenvalue weighted by Crippen LogP contribution is 2.21. The van der Waals surface area contributed by atoms with Gasteiger partial charge >= 0.3 is 5.97 Å². The van der Waals surface area contributed by atoms with Crippen LogP contribution in [-0.4, -0.2) is 40.2 Å². The summed E-state index contributed by atoms with van der Waals surface area (Å²) in [6, 6.07) is 6.64. The number of benzene rings is 1. The predicted octanol–water partition coefficient (Wildman–Crippen LogP) is 1.97. The van der Waals surface area contributed by atoms with Crippen LogP contribution in [0.3, 0.4) is 0 Å². The second-order valence-corrected chi connectivity index (χ2v) is 5.20. The summed E-state index contributed by atoms with van der Waals surface area (Å²) in [5, 5.41) is 12.3. The summed E-state index contributed by atoms with van der Waals surface area (Å²) >= 11 is 0. The van der Waals surface area contributed by atoms with E-state index in [1.165, 1.54) is 0 Å². The number of rotatable bonds is 4. The molecule has 0 saturated carbocycles. The molecule has 0 bridgehead atoms. The lowest BCUT2D eigenvalue weighted by Gasteiger charge is -2.23. The van der Waals surface area contributed by atoms with Crippen molar-refractivity contribution in [2.45, 2.75) is 18.9 Å². The molecule has 1 fully saturated rings. The first kappa shape index (κ1) is 14.5. The van der Waals surface area contributed by atoms with Crippen LogP contribution in [0.15, 0.2) is 36.7 Å². The largest absolute Gasteiger partial charge is 0.478 e. The van der Waals surface area contributed by atoms with Crippen LogP contribution in [0.5, 0.6) is 5.88 Å². The van der Waals surface area contributed by atoms with Gasteiger partial charge in [-0.05, 0) is 38.1 Å². The third-order valence-corrected chi connectivity index (χ3v) is 3.59. The van der Waals surface area contributed by atoms with Crippen molar-refractivity contribution in [3.63, 3.8) is 0 Å². The first-order valence-electron chi connectivity index (χ1n) is 7.25. The molecule has 1 aliphatic heterocycles. The molecule has 0 atom stereocenters. The maximum atomic E-state index is 11.0. The van der Waals surface area contributed by atoms with Gasteiger partial charge in [0.2, 0.25) is 5.88 Å². The van der Waals surface area contributed by atoms with E-state index in [1.54, 1.807) is 30.6 Å². The van der Waals surface area contributed by atoms with Crippen molar-refractivity contribution in [1.29, 1.82) is 0 Å². The molecule has 3 rings (SSSR count). The maximum absolute atomic E-state index is 11.0. The van der Waals surface area contributed by atoms with Crippen LogP contribution in [0.25, 0.3) is 11.3 Å². The van der Waals surface area contributed by atoms with Crippen LogP contribution in [0.1, 0.15) is 23.2 Å². The lowest BCUT2D eigenvalue weighted by atomic mass is 10.1. The van der Waals surface area contributed by atoms with E-state index in [2.05, 4.69) is 15.3 Å². The predicted molar refractivity (Wildman–Crippen MR) is 80.9 cm³/mol. The van der Waals surface area contributed by atoms with Crippen molar-refractivity contribution >= 4 is 5.97 Å². The Morgan fingerprint density at radius 3 is 2.86 bits per heavy atom. The van der Waals surface area contributed by atoms with Crippen molar-refractivity contribution in [3.05, 3.63) is 42.2 Å². The van der Waals surface area contributed by atoms with E-state index in [-0.39, 0.29) is 11.7 Å². The number of hydrogen-bond donors (Lipinski definition) is 2. The summed E-state index contributed by atoms with van der Waals surface area (Å²) in [5.41, 5.74) is 1.54. The zero-order chi connectivity index (χ0) is 15.4. The van der Waals surface area contributed by atoms with E-state index in [4.69, 9.17) is 9.84 Å². The lowest BCUT2D eigenvalue weighted by molar-refractivity contribution is 0.0697. The van der Waals surface area contributed by atoms with Crippen LogP contribution in [0.2, 0.25) is 0 Å². The van der Waals surface area contributed by atoms with Gasteiger partial charge in [-0.25, -0.2) is 9.78 Å². The molecular formula is C16H17N3O3. The Bertz CT molecular complexity index is 669. The van der Waals surface area contributed by atoms with E-state index < -0.39 is 5.97 Å². The second-order valence-electron chi connectivity index (χ2n) is 5.20. The molecule has 6 heteroatoms. The van der Waals surface area contributed by atoms with Gasteiger partial charge in [0.1, 0.15) is 6.10 Å². The second kappa shape index (κ2) is 6.53. The van der Waals surface area contributed by atoms with E-state index in [9.17, 15) is 4.79 Å². The van der Waals surface area contributed by atoms with Gasteiger partial charge in [-0.1, -0.05) is 12.1 Å². The van der Waals surface area contributed by atoms with E-state index in [0.717, 1.165) is 25.9 Å². The molecule has 0 radical (unpaired) electrons. The maximum Gasteiger partial charge on any atom is 0.335 e. The van der Waals surface area contributed by atoms with Crippen LogP contribution >= 0.6 is 0 Å². The SMILES string of the molecule is O=C(O)c1cccc(-c2cncc(OC3CCNCC3)n2)c1.